The lowest BCUT2D eigenvalue weighted by Gasteiger charge is -2.40. The van der Waals surface area contributed by atoms with Crippen LogP contribution in [0.2, 0.25) is 0 Å². The van der Waals surface area contributed by atoms with E-state index in [0.717, 1.165) is 0 Å². The molecule has 0 aromatic rings. The van der Waals surface area contributed by atoms with Crippen molar-refractivity contribution in [3.8, 4) is 0 Å². The summed E-state index contributed by atoms with van der Waals surface area (Å²) in [7, 11) is 0. The first-order valence-electron chi connectivity index (χ1n) is 6.86. The highest BCUT2D eigenvalue weighted by Gasteiger charge is 2.41. The summed E-state index contributed by atoms with van der Waals surface area (Å²) in [5, 5.41) is 56.7. The second-order valence-electron chi connectivity index (χ2n) is 5.30. The van der Waals surface area contributed by atoms with Crippen molar-refractivity contribution in [2.24, 2.45) is 0 Å². The minimum absolute atomic E-state index is 0.0278. The van der Waals surface area contributed by atoms with Crippen LogP contribution in [0, 0.1) is 0 Å². The van der Waals surface area contributed by atoms with E-state index in [0.29, 0.717) is 0 Å². The SMILES string of the molecule is OC[C@H]1O[C@@H](O[C@H]2C[C@H](O)[C@H](O)[C@@H](CO)O2)C[C@H](O)[C@@H]1O. The molecule has 2 heterocycles. The molecule has 6 N–H and O–H groups in total. The fourth-order valence-electron chi connectivity index (χ4n) is 2.48. The third-order valence-corrected chi connectivity index (χ3v) is 3.73. The number of ether oxygens (including phenoxy) is 3. The van der Waals surface area contributed by atoms with Crippen molar-refractivity contribution in [1.29, 1.82) is 0 Å². The van der Waals surface area contributed by atoms with Gasteiger partial charge in [-0.15, -0.1) is 0 Å². The third kappa shape index (κ3) is 3.89. The molecular formula is C12H22O9. The Bertz CT molecular complexity index is 298. The Hall–Kier alpha value is -0.360. The molecule has 2 saturated heterocycles. The molecule has 0 saturated carbocycles. The molecule has 8 atom stereocenters. The maximum atomic E-state index is 9.68. The average molecular weight is 310 g/mol. The summed E-state index contributed by atoms with van der Waals surface area (Å²) in [6, 6.07) is 0. The van der Waals surface area contributed by atoms with E-state index in [9.17, 15) is 20.4 Å². The average Bonchev–Trinajstić information content (AvgIpc) is 2.46. The van der Waals surface area contributed by atoms with Crippen molar-refractivity contribution in [2.75, 3.05) is 13.2 Å². The van der Waals surface area contributed by atoms with Crippen LogP contribution < -0.4 is 0 Å². The highest BCUT2D eigenvalue weighted by Crippen LogP contribution is 2.27. The number of aliphatic hydroxyl groups is 6. The molecule has 2 rings (SSSR count). The van der Waals surface area contributed by atoms with E-state index in [-0.39, 0.29) is 12.8 Å². The van der Waals surface area contributed by atoms with Gasteiger partial charge in [-0.1, -0.05) is 0 Å². The van der Waals surface area contributed by atoms with E-state index in [1.165, 1.54) is 0 Å². The normalized spacial score (nSPS) is 48.3. The molecule has 0 aromatic heterocycles. The van der Waals surface area contributed by atoms with Gasteiger partial charge < -0.3 is 44.8 Å². The summed E-state index contributed by atoms with van der Waals surface area (Å²) in [6.45, 7) is -0.964. The molecule has 2 aliphatic heterocycles. The number of aliphatic hydroxyl groups excluding tert-OH is 6. The van der Waals surface area contributed by atoms with E-state index >= 15 is 0 Å². The summed E-state index contributed by atoms with van der Waals surface area (Å²) < 4.78 is 16.0. The van der Waals surface area contributed by atoms with Crippen molar-refractivity contribution < 1.29 is 44.8 Å². The van der Waals surface area contributed by atoms with Crippen LogP contribution in [-0.2, 0) is 14.2 Å². The summed E-state index contributed by atoms with van der Waals surface area (Å²) in [5.74, 6) is 0. The second-order valence-corrected chi connectivity index (χ2v) is 5.30. The van der Waals surface area contributed by atoms with Gasteiger partial charge in [0, 0.05) is 12.8 Å². The molecule has 0 bridgehead atoms. The van der Waals surface area contributed by atoms with E-state index in [1.807, 2.05) is 0 Å². The van der Waals surface area contributed by atoms with Crippen molar-refractivity contribution in [3.05, 3.63) is 0 Å². The molecule has 2 aliphatic rings. The maximum absolute atomic E-state index is 9.68. The van der Waals surface area contributed by atoms with Crippen molar-refractivity contribution in [3.63, 3.8) is 0 Å². The summed E-state index contributed by atoms with van der Waals surface area (Å²) >= 11 is 0. The first-order chi connectivity index (χ1) is 9.96. The Morgan fingerprint density at radius 3 is 1.48 bits per heavy atom. The molecule has 124 valence electrons. The molecule has 2 fully saturated rings. The van der Waals surface area contributed by atoms with Gasteiger partial charge in [-0.2, -0.15) is 0 Å². The molecular weight excluding hydrogens is 288 g/mol. The number of hydrogen-bond acceptors (Lipinski definition) is 9. The Balaban J connectivity index is 1.92. The van der Waals surface area contributed by atoms with Crippen LogP contribution in [0.3, 0.4) is 0 Å². The molecule has 0 unspecified atom stereocenters. The first kappa shape index (κ1) is 17.0. The van der Waals surface area contributed by atoms with Gasteiger partial charge in [-0.3, -0.25) is 0 Å². The molecule has 9 heteroatoms. The fourth-order valence-corrected chi connectivity index (χ4v) is 2.48. The standard InChI is InChI=1S/C12H22O9/c13-3-7-11(17)5(15)1-9(19-7)21-10-2-6(16)12(18)8(4-14)20-10/h5-18H,1-4H2/t5-,6-,7+,8+,9-,10-,11-,12-/m0/s1. The lowest BCUT2D eigenvalue weighted by atomic mass is 10.0. The molecule has 9 nitrogen and oxygen atoms in total. The highest BCUT2D eigenvalue weighted by molar-refractivity contribution is 4.85. The Morgan fingerprint density at radius 1 is 0.762 bits per heavy atom. The van der Waals surface area contributed by atoms with Gasteiger partial charge in [-0.05, 0) is 0 Å². The van der Waals surface area contributed by atoms with E-state index in [1.54, 1.807) is 0 Å². The van der Waals surface area contributed by atoms with E-state index in [2.05, 4.69) is 0 Å². The van der Waals surface area contributed by atoms with Crippen LogP contribution in [0.25, 0.3) is 0 Å². The van der Waals surface area contributed by atoms with Crippen LogP contribution in [0.5, 0.6) is 0 Å². The second kappa shape index (κ2) is 7.27. The van der Waals surface area contributed by atoms with Crippen molar-refractivity contribution in [2.45, 2.75) is 62.0 Å². The van der Waals surface area contributed by atoms with E-state index in [4.69, 9.17) is 24.4 Å². The minimum Gasteiger partial charge on any atom is -0.394 e. The number of hydrogen-bond donors (Lipinski definition) is 6. The van der Waals surface area contributed by atoms with Gasteiger partial charge in [0.1, 0.15) is 24.4 Å². The highest BCUT2D eigenvalue weighted by atomic mass is 16.8. The smallest absolute Gasteiger partial charge is 0.163 e. The van der Waals surface area contributed by atoms with Crippen LogP contribution >= 0.6 is 0 Å². The zero-order valence-corrected chi connectivity index (χ0v) is 11.4. The van der Waals surface area contributed by atoms with Crippen LogP contribution in [0.1, 0.15) is 12.8 Å². The summed E-state index contributed by atoms with van der Waals surface area (Å²) in [5.41, 5.74) is 0. The Kier molecular flexibility index (Phi) is 5.88. The Labute approximate surface area is 121 Å². The van der Waals surface area contributed by atoms with Crippen molar-refractivity contribution in [1.82, 2.24) is 0 Å². The molecule has 0 radical (unpaired) electrons. The first-order valence-corrected chi connectivity index (χ1v) is 6.86. The van der Waals surface area contributed by atoms with Gasteiger partial charge in [0.05, 0.1) is 25.4 Å². The monoisotopic (exact) mass is 310 g/mol. The van der Waals surface area contributed by atoms with Gasteiger partial charge in [-0.25, -0.2) is 0 Å². The maximum Gasteiger partial charge on any atom is 0.163 e. The van der Waals surface area contributed by atoms with Crippen molar-refractivity contribution >= 4 is 0 Å². The van der Waals surface area contributed by atoms with Crippen LogP contribution in [0.4, 0.5) is 0 Å². The molecule has 0 aromatic carbocycles. The lowest BCUT2D eigenvalue weighted by molar-refractivity contribution is -0.333. The topological polar surface area (TPSA) is 149 Å². The van der Waals surface area contributed by atoms with Crippen LogP contribution in [-0.4, -0.2) is 93.1 Å². The van der Waals surface area contributed by atoms with Gasteiger partial charge in [0.2, 0.25) is 0 Å². The van der Waals surface area contributed by atoms with Gasteiger partial charge in [0.15, 0.2) is 12.6 Å². The fraction of sp³-hybridized carbons (Fsp3) is 1.00. The summed E-state index contributed by atoms with van der Waals surface area (Å²) in [6.07, 6.45) is -8.54. The third-order valence-electron chi connectivity index (χ3n) is 3.73. The van der Waals surface area contributed by atoms with E-state index < -0.39 is 62.4 Å². The lowest BCUT2D eigenvalue weighted by Crippen LogP contribution is -2.54. The molecule has 0 spiro atoms. The largest absolute Gasteiger partial charge is 0.394 e. The zero-order valence-electron chi connectivity index (χ0n) is 11.4. The van der Waals surface area contributed by atoms with Crippen LogP contribution in [0.15, 0.2) is 0 Å². The summed E-state index contributed by atoms with van der Waals surface area (Å²) in [4.78, 5) is 0. The molecule has 0 aliphatic carbocycles. The quantitative estimate of drug-likeness (QED) is 0.313. The van der Waals surface area contributed by atoms with Gasteiger partial charge in [0.25, 0.3) is 0 Å². The molecule has 0 amide bonds. The molecule has 21 heavy (non-hydrogen) atoms. The zero-order chi connectivity index (χ0) is 15.6. The Morgan fingerprint density at radius 2 is 1.14 bits per heavy atom. The predicted octanol–water partition coefficient (Wildman–Crippen LogP) is -3.34. The predicted molar refractivity (Wildman–Crippen MR) is 65.8 cm³/mol. The van der Waals surface area contributed by atoms with Gasteiger partial charge >= 0.3 is 0 Å². The number of rotatable bonds is 4. The minimum atomic E-state index is -1.21.